The molecule has 0 atom stereocenters. The number of anilines is 2. The van der Waals surface area contributed by atoms with Crippen molar-refractivity contribution in [3.8, 4) is 0 Å². The van der Waals surface area contributed by atoms with E-state index in [1.54, 1.807) is 12.1 Å². The normalized spacial score (nSPS) is 10.3. The summed E-state index contributed by atoms with van der Waals surface area (Å²) in [5.41, 5.74) is 4.79. The number of aromatic nitrogens is 2. The fourth-order valence-corrected chi connectivity index (χ4v) is 1.94. The van der Waals surface area contributed by atoms with Gasteiger partial charge in [0.05, 0.1) is 4.92 Å². The van der Waals surface area contributed by atoms with Crippen LogP contribution in [0.4, 0.5) is 17.3 Å². The molecule has 3 N–H and O–H groups in total. The van der Waals surface area contributed by atoms with Crippen LogP contribution >= 0.6 is 11.6 Å². The van der Waals surface area contributed by atoms with Gasteiger partial charge in [0.2, 0.25) is 11.6 Å². The second-order valence-corrected chi connectivity index (χ2v) is 5.50. The highest BCUT2D eigenvalue weighted by Crippen LogP contribution is 2.28. The molecule has 0 radical (unpaired) electrons. The summed E-state index contributed by atoms with van der Waals surface area (Å²) in [7, 11) is 0. The summed E-state index contributed by atoms with van der Waals surface area (Å²) >= 11 is 5.76. The number of benzene rings is 1. The van der Waals surface area contributed by atoms with Gasteiger partial charge in [-0.25, -0.2) is 9.97 Å². The predicted molar refractivity (Wildman–Crippen MR) is 90.0 cm³/mol. The quantitative estimate of drug-likeness (QED) is 0.540. The highest BCUT2D eigenvalue weighted by atomic mass is 35.5. The van der Waals surface area contributed by atoms with Crippen LogP contribution in [0.2, 0.25) is 5.02 Å². The van der Waals surface area contributed by atoms with Gasteiger partial charge in [-0.15, -0.1) is 0 Å². The van der Waals surface area contributed by atoms with Crippen molar-refractivity contribution < 1.29 is 9.72 Å². The molecule has 0 aliphatic heterocycles. The van der Waals surface area contributed by atoms with Crippen LogP contribution in [0.25, 0.3) is 0 Å². The standard InChI is InChI=1S/C14H15ClN6O3/c1-8(2)18-12-11(21(23)24)13(17-7-16-12)19-20-14(22)9-3-5-10(15)6-4-9/h3-8H,1-2H3,(H,20,22)(H2,16,17,18,19). The molecule has 0 saturated heterocycles. The van der Waals surface area contributed by atoms with Crippen LogP contribution < -0.4 is 16.2 Å². The number of halogens is 1. The highest BCUT2D eigenvalue weighted by Gasteiger charge is 2.23. The van der Waals surface area contributed by atoms with Crippen LogP contribution in [0.5, 0.6) is 0 Å². The number of nitrogens with one attached hydrogen (secondary N) is 3. The van der Waals surface area contributed by atoms with E-state index in [9.17, 15) is 14.9 Å². The Morgan fingerprint density at radius 1 is 1.21 bits per heavy atom. The third kappa shape index (κ3) is 4.29. The predicted octanol–water partition coefficient (Wildman–Crippen LogP) is 2.62. The molecule has 1 amide bonds. The third-order valence-electron chi connectivity index (χ3n) is 2.83. The van der Waals surface area contributed by atoms with Crippen molar-refractivity contribution in [1.82, 2.24) is 15.4 Å². The van der Waals surface area contributed by atoms with E-state index >= 15 is 0 Å². The summed E-state index contributed by atoms with van der Waals surface area (Å²) in [5, 5.41) is 14.7. The monoisotopic (exact) mass is 350 g/mol. The van der Waals surface area contributed by atoms with Crippen molar-refractivity contribution >= 4 is 34.8 Å². The van der Waals surface area contributed by atoms with Crippen molar-refractivity contribution in [3.05, 3.63) is 51.3 Å². The fraction of sp³-hybridized carbons (Fsp3) is 0.214. The average molecular weight is 351 g/mol. The van der Waals surface area contributed by atoms with Gasteiger partial charge in [-0.05, 0) is 38.1 Å². The lowest BCUT2D eigenvalue weighted by Crippen LogP contribution is -2.30. The molecule has 1 heterocycles. The average Bonchev–Trinajstić information content (AvgIpc) is 2.52. The van der Waals surface area contributed by atoms with Crippen molar-refractivity contribution in [1.29, 1.82) is 0 Å². The lowest BCUT2D eigenvalue weighted by molar-refractivity contribution is -0.383. The summed E-state index contributed by atoms with van der Waals surface area (Å²) in [6, 6.07) is 6.12. The first-order chi connectivity index (χ1) is 11.4. The molecule has 1 aromatic carbocycles. The molecule has 0 aliphatic carbocycles. The van der Waals surface area contributed by atoms with Crippen LogP contribution in [-0.4, -0.2) is 26.8 Å². The van der Waals surface area contributed by atoms with E-state index in [0.717, 1.165) is 6.33 Å². The van der Waals surface area contributed by atoms with Crippen molar-refractivity contribution in [3.63, 3.8) is 0 Å². The molecule has 2 rings (SSSR count). The maximum atomic E-state index is 12.0. The minimum Gasteiger partial charge on any atom is -0.362 e. The maximum absolute atomic E-state index is 12.0. The van der Waals surface area contributed by atoms with Gasteiger partial charge in [0, 0.05) is 16.6 Å². The Morgan fingerprint density at radius 2 is 1.83 bits per heavy atom. The first-order valence-corrected chi connectivity index (χ1v) is 7.34. The van der Waals surface area contributed by atoms with Gasteiger partial charge >= 0.3 is 5.69 Å². The Kier molecular flexibility index (Phi) is 5.48. The lowest BCUT2D eigenvalue weighted by Gasteiger charge is -2.12. The number of nitrogens with zero attached hydrogens (tertiary/aromatic N) is 3. The fourth-order valence-electron chi connectivity index (χ4n) is 1.81. The molecule has 10 heteroatoms. The van der Waals surface area contributed by atoms with E-state index in [-0.39, 0.29) is 23.4 Å². The zero-order valence-corrected chi connectivity index (χ0v) is 13.7. The Labute approximate surface area is 142 Å². The van der Waals surface area contributed by atoms with Crippen molar-refractivity contribution in [2.24, 2.45) is 0 Å². The molecule has 0 spiro atoms. The van der Waals surface area contributed by atoms with Gasteiger partial charge in [-0.1, -0.05) is 11.6 Å². The number of carbonyl (C=O) groups is 1. The van der Waals surface area contributed by atoms with E-state index in [1.807, 2.05) is 13.8 Å². The topological polar surface area (TPSA) is 122 Å². The van der Waals surface area contributed by atoms with Crippen LogP contribution in [-0.2, 0) is 0 Å². The minimum absolute atomic E-state index is 0.0601. The number of carbonyl (C=O) groups excluding carboxylic acids is 1. The van der Waals surface area contributed by atoms with Gasteiger partial charge in [-0.2, -0.15) is 0 Å². The van der Waals surface area contributed by atoms with Gasteiger partial charge in [0.15, 0.2) is 0 Å². The Balaban J connectivity index is 2.18. The molecular formula is C14H15ClN6O3. The summed E-state index contributed by atoms with van der Waals surface area (Å²) < 4.78 is 0. The summed E-state index contributed by atoms with van der Waals surface area (Å²) in [4.78, 5) is 30.4. The largest absolute Gasteiger partial charge is 0.362 e. The van der Waals surface area contributed by atoms with Gasteiger partial charge in [-0.3, -0.25) is 25.8 Å². The number of hydrogen-bond donors (Lipinski definition) is 3. The minimum atomic E-state index is -0.624. The molecule has 0 saturated carbocycles. The first-order valence-electron chi connectivity index (χ1n) is 6.96. The maximum Gasteiger partial charge on any atom is 0.354 e. The second kappa shape index (κ2) is 7.55. The summed E-state index contributed by atoms with van der Waals surface area (Å²) in [6.07, 6.45) is 1.16. The number of nitro groups is 1. The van der Waals surface area contributed by atoms with E-state index in [0.29, 0.717) is 10.6 Å². The Hall–Kier alpha value is -2.94. The van der Waals surface area contributed by atoms with Crippen LogP contribution in [0.15, 0.2) is 30.6 Å². The zero-order chi connectivity index (χ0) is 17.7. The van der Waals surface area contributed by atoms with Crippen LogP contribution in [0.3, 0.4) is 0 Å². The third-order valence-corrected chi connectivity index (χ3v) is 3.08. The number of rotatable bonds is 6. The van der Waals surface area contributed by atoms with Gasteiger partial charge in [0.1, 0.15) is 6.33 Å². The van der Waals surface area contributed by atoms with E-state index in [1.165, 1.54) is 12.1 Å². The molecule has 2 aromatic rings. The van der Waals surface area contributed by atoms with Crippen molar-refractivity contribution in [2.75, 3.05) is 10.7 Å². The molecule has 0 aliphatic rings. The van der Waals surface area contributed by atoms with Gasteiger partial charge < -0.3 is 5.32 Å². The van der Waals surface area contributed by atoms with Gasteiger partial charge in [0.25, 0.3) is 5.91 Å². The Bertz CT molecular complexity index is 751. The second-order valence-electron chi connectivity index (χ2n) is 5.06. The van der Waals surface area contributed by atoms with Crippen LogP contribution in [0, 0.1) is 10.1 Å². The number of hydrogen-bond acceptors (Lipinski definition) is 7. The number of hydrazine groups is 1. The molecule has 0 unspecified atom stereocenters. The molecule has 24 heavy (non-hydrogen) atoms. The molecular weight excluding hydrogens is 336 g/mol. The van der Waals surface area contributed by atoms with Crippen molar-refractivity contribution in [2.45, 2.75) is 19.9 Å². The van der Waals surface area contributed by atoms with E-state index in [4.69, 9.17) is 11.6 Å². The zero-order valence-electron chi connectivity index (χ0n) is 12.9. The smallest absolute Gasteiger partial charge is 0.354 e. The van der Waals surface area contributed by atoms with E-state index in [2.05, 4.69) is 26.1 Å². The highest BCUT2D eigenvalue weighted by molar-refractivity contribution is 6.30. The molecule has 9 nitrogen and oxygen atoms in total. The molecule has 0 bridgehead atoms. The SMILES string of the molecule is CC(C)Nc1ncnc(NNC(=O)c2ccc(Cl)cc2)c1[N+](=O)[O-]. The lowest BCUT2D eigenvalue weighted by atomic mass is 10.2. The van der Waals surface area contributed by atoms with Crippen LogP contribution in [0.1, 0.15) is 24.2 Å². The van der Waals surface area contributed by atoms with E-state index < -0.39 is 10.8 Å². The first kappa shape index (κ1) is 17.4. The summed E-state index contributed by atoms with van der Waals surface area (Å²) in [6.45, 7) is 3.64. The summed E-state index contributed by atoms with van der Waals surface area (Å²) in [5.74, 6) is -0.549. The Morgan fingerprint density at radius 3 is 2.42 bits per heavy atom. The molecule has 126 valence electrons. The number of amides is 1. The molecule has 1 aromatic heterocycles. The molecule has 0 fully saturated rings.